The van der Waals surface area contributed by atoms with E-state index in [0.29, 0.717) is 23.9 Å². The number of aromatic nitrogens is 1. The SMILES string of the molecule is C[N+](C)(C)CCOc1ncccc1N=Nc1c(O)ccc2ccccc12. The number of rotatable bonds is 6. The number of fused-ring (bicyclic) bond motifs is 1. The van der Waals surface area contributed by atoms with E-state index in [4.69, 9.17) is 4.74 Å². The van der Waals surface area contributed by atoms with E-state index in [1.54, 1.807) is 24.4 Å². The molecule has 0 radical (unpaired) electrons. The van der Waals surface area contributed by atoms with Crippen molar-refractivity contribution in [1.82, 2.24) is 4.98 Å². The van der Waals surface area contributed by atoms with Gasteiger partial charge in [0.05, 0.1) is 21.1 Å². The number of hydrogen-bond donors (Lipinski definition) is 1. The summed E-state index contributed by atoms with van der Waals surface area (Å²) in [7, 11) is 6.31. The van der Waals surface area contributed by atoms with Crippen LogP contribution >= 0.6 is 0 Å². The lowest BCUT2D eigenvalue weighted by Crippen LogP contribution is -2.38. The molecule has 0 saturated carbocycles. The summed E-state index contributed by atoms with van der Waals surface area (Å²) in [6.45, 7) is 1.37. The second-order valence-electron chi connectivity index (χ2n) is 7.04. The highest BCUT2D eigenvalue weighted by Gasteiger charge is 2.10. The Morgan fingerprint density at radius 3 is 2.62 bits per heavy atom. The van der Waals surface area contributed by atoms with Crippen molar-refractivity contribution in [3.8, 4) is 11.6 Å². The van der Waals surface area contributed by atoms with Crippen LogP contribution in [0.25, 0.3) is 10.8 Å². The Labute approximate surface area is 153 Å². The van der Waals surface area contributed by atoms with E-state index in [-0.39, 0.29) is 5.75 Å². The Morgan fingerprint density at radius 2 is 1.81 bits per heavy atom. The summed E-state index contributed by atoms with van der Waals surface area (Å²) in [6.07, 6.45) is 1.66. The second kappa shape index (κ2) is 7.49. The van der Waals surface area contributed by atoms with Crippen molar-refractivity contribution in [3.63, 3.8) is 0 Å². The molecule has 6 heteroatoms. The largest absolute Gasteiger partial charge is 0.506 e. The van der Waals surface area contributed by atoms with Crippen molar-refractivity contribution < 1.29 is 14.3 Å². The zero-order chi connectivity index (χ0) is 18.6. The average molecular weight is 351 g/mol. The maximum atomic E-state index is 10.2. The van der Waals surface area contributed by atoms with Crippen molar-refractivity contribution in [3.05, 3.63) is 54.7 Å². The van der Waals surface area contributed by atoms with Crippen LogP contribution in [0.15, 0.2) is 65.0 Å². The maximum Gasteiger partial charge on any atom is 0.242 e. The van der Waals surface area contributed by atoms with Crippen molar-refractivity contribution in [1.29, 1.82) is 0 Å². The Hall–Kier alpha value is -2.99. The molecule has 1 N–H and O–H groups in total. The summed E-state index contributed by atoms with van der Waals surface area (Å²) in [5, 5.41) is 20.6. The standard InChI is InChI=1S/C20H22N4O2/c1-24(2,3)13-14-26-20-17(9-6-12-21-20)22-23-19-16-8-5-4-7-15(16)10-11-18(19)25/h4-12H,13-14H2,1-3H3/p+1. The van der Waals surface area contributed by atoms with E-state index in [2.05, 4.69) is 36.4 Å². The topological polar surface area (TPSA) is 67.1 Å². The van der Waals surface area contributed by atoms with Gasteiger partial charge in [0.1, 0.15) is 30.3 Å². The van der Waals surface area contributed by atoms with Crippen LogP contribution in [0.3, 0.4) is 0 Å². The number of ether oxygens (including phenoxy) is 1. The van der Waals surface area contributed by atoms with Gasteiger partial charge in [-0.1, -0.05) is 30.3 Å². The monoisotopic (exact) mass is 351 g/mol. The predicted octanol–water partition coefficient (Wildman–Crippen LogP) is 4.44. The van der Waals surface area contributed by atoms with Crippen LogP contribution in [0.5, 0.6) is 11.6 Å². The quantitative estimate of drug-likeness (QED) is 0.527. The summed E-state index contributed by atoms with van der Waals surface area (Å²) in [5.41, 5.74) is 0.963. The van der Waals surface area contributed by atoms with Gasteiger partial charge in [0.2, 0.25) is 5.88 Å². The first-order valence-electron chi connectivity index (χ1n) is 8.45. The van der Waals surface area contributed by atoms with Gasteiger partial charge in [-0.25, -0.2) is 4.98 Å². The molecular formula is C20H23N4O2+. The predicted molar refractivity (Wildman–Crippen MR) is 102 cm³/mol. The molecule has 0 amide bonds. The minimum atomic E-state index is 0.0869. The van der Waals surface area contributed by atoms with Crippen LogP contribution in [0.4, 0.5) is 11.4 Å². The molecule has 26 heavy (non-hydrogen) atoms. The number of phenols is 1. The maximum absolute atomic E-state index is 10.2. The number of azo groups is 1. The molecule has 134 valence electrons. The first-order valence-corrected chi connectivity index (χ1v) is 8.45. The molecule has 0 unspecified atom stereocenters. The fraction of sp³-hybridized carbons (Fsp3) is 0.250. The van der Waals surface area contributed by atoms with Gasteiger partial charge in [0.25, 0.3) is 0 Å². The number of pyridine rings is 1. The van der Waals surface area contributed by atoms with Crippen LogP contribution in [0, 0.1) is 0 Å². The lowest BCUT2D eigenvalue weighted by molar-refractivity contribution is -0.870. The van der Waals surface area contributed by atoms with E-state index >= 15 is 0 Å². The molecule has 0 saturated heterocycles. The van der Waals surface area contributed by atoms with E-state index < -0.39 is 0 Å². The normalized spacial score (nSPS) is 12.0. The Balaban J connectivity index is 1.87. The fourth-order valence-electron chi connectivity index (χ4n) is 2.44. The Morgan fingerprint density at radius 1 is 1.00 bits per heavy atom. The van der Waals surface area contributed by atoms with E-state index in [1.165, 1.54) is 0 Å². The van der Waals surface area contributed by atoms with Crippen LogP contribution in [-0.2, 0) is 0 Å². The molecule has 0 fully saturated rings. The zero-order valence-electron chi connectivity index (χ0n) is 15.3. The van der Waals surface area contributed by atoms with Crippen molar-refractivity contribution >= 4 is 22.1 Å². The molecular weight excluding hydrogens is 328 g/mol. The van der Waals surface area contributed by atoms with Crippen molar-refractivity contribution in [2.45, 2.75) is 0 Å². The smallest absolute Gasteiger partial charge is 0.242 e. The Bertz CT molecular complexity index is 932. The molecule has 6 nitrogen and oxygen atoms in total. The number of hydrogen-bond acceptors (Lipinski definition) is 5. The summed E-state index contributed by atoms with van der Waals surface area (Å²) in [6, 6.07) is 14.8. The van der Waals surface area contributed by atoms with Gasteiger partial charge in [-0.05, 0) is 23.6 Å². The van der Waals surface area contributed by atoms with Gasteiger partial charge < -0.3 is 14.3 Å². The highest BCUT2D eigenvalue weighted by Crippen LogP contribution is 2.36. The first kappa shape index (κ1) is 17.8. The Kier molecular flexibility index (Phi) is 5.14. The average Bonchev–Trinajstić information content (AvgIpc) is 2.61. The molecule has 3 rings (SSSR count). The molecule has 1 aromatic heterocycles. The summed E-state index contributed by atoms with van der Waals surface area (Å²) >= 11 is 0. The summed E-state index contributed by atoms with van der Waals surface area (Å²) in [5.74, 6) is 0.522. The molecule has 0 aliphatic carbocycles. The number of quaternary nitrogens is 1. The van der Waals surface area contributed by atoms with Gasteiger partial charge in [-0.15, -0.1) is 10.2 Å². The highest BCUT2D eigenvalue weighted by molar-refractivity contribution is 5.95. The minimum Gasteiger partial charge on any atom is -0.506 e. The summed E-state index contributed by atoms with van der Waals surface area (Å²) in [4.78, 5) is 4.25. The molecule has 3 aromatic rings. The molecule has 0 aliphatic rings. The van der Waals surface area contributed by atoms with Gasteiger partial charge >= 0.3 is 0 Å². The minimum absolute atomic E-state index is 0.0869. The lowest BCUT2D eigenvalue weighted by atomic mass is 10.1. The fourth-order valence-corrected chi connectivity index (χ4v) is 2.44. The van der Waals surface area contributed by atoms with Gasteiger partial charge in [-0.2, -0.15) is 0 Å². The molecule has 0 atom stereocenters. The number of phenolic OH excluding ortho intramolecular Hbond substituents is 1. The molecule has 0 bridgehead atoms. The molecule has 0 spiro atoms. The first-order chi connectivity index (χ1) is 12.4. The van der Waals surface area contributed by atoms with E-state index in [0.717, 1.165) is 21.8 Å². The number of nitrogens with zero attached hydrogens (tertiary/aromatic N) is 4. The molecule has 2 aromatic carbocycles. The van der Waals surface area contributed by atoms with Gasteiger partial charge in [0.15, 0.2) is 0 Å². The van der Waals surface area contributed by atoms with Crippen molar-refractivity contribution in [2.75, 3.05) is 34.3 Å². The van der Waals surface area contributed by atoms with Crippen LogP contribution < -0.4 is 4.74 Å². The van der Waals surface area contributed by atoms with Gasteiger partial charge in [0, 0.05) is 11.6 Å². The zero-order valence-corrected chi connectivity index (χ0v) is 15.3. The van der Waals surface area contributed by atoms with E-state index in [1.807, 2.05) is 30.3 Å². The van der Waals surface area contributed by atoms with Gasteiger partial charge in [-0.3, -0.25) is 0 Å². The third kappa shape index (κ3) is 4.34. The van der Waals surface area contributed by atoms with Crippen LogP contribution in [-0.4, -0.2) is 48.9 Å². The molecule has 0 aliphatic heterocycles. The number of benzene rings is 2. The number of likely N-dealkylation sites (N-methyl/N-ethyl adjacent to an activating group) is 1. The number of aromatic hydroxyl groups is 1. The highest BCUT2D eigenvalue weighted by atomic mass is 16.5. The van der Waals surface area contributed by atoms with Crippen LogP contribution in [0.1, 0.15) is 0 Å². The second-order valence-corrected chi connectivity index (χ2v) is 7.04. The van der Waals surface area contributed by atoms with Crippen LogP contribution in [0.2, 0.25) is 0 Å². The summed E-state index contributed by atoms with van der Waals surface area (Å²) < 4.78 is 6.58. The lowest BCUT2D eigenvalue weighted by Gasteiger charge is -2.23. The third-order valence-corrected chi connectivity index (χ3v) is 3.89. The van der Waals surface area contributed by atoms with Crippen molar-refractivity contribution in [2.24, 2.45) is 10.2 Å². The van der Waals surface area contributed by atoms with E-state index in [9.17, 15) is 5.11 Å². The molecule has 1 heterocycles. The third-order valence-electron chi connectivity index (χ3n) is 3.89.